The van der Waals surface area contributed by atoms with Gasteiger partial charge in [-0.25, -0.2) is 0 Å². The quantitative estimate of drug-likeness (QED) is 0.200. The summed E-state index contributed by atoms with van der Waals surface area (Å²) in [6.07, 6.45) is 13.6. The van der Waals surface area contributed by atoms with Gasteiger partial charge in [-0.05, 0) is 52.2 Å². The van der Waals surface area contributed by atoms with Crippen LogP contribution in [0.15, 0.2) is 0 Å². The third-order valence-electron chi connectivity index (χ3n) is 3.99. The minimum absolute atomic E-state index is 0.840. The Morgan fingerprint density at radius 3 is 1.40 bits per heavy atom. The van der Waals surface area contributed by atoms with Gasteiger partial charge in [-0.1, -0.05) is 64.7 Å². The van der Waals surface area contributed by atoms with Crippen LogP contribution in [0.1, 0.15) is 71.1 Å². The van der Waals surface area contributed by atoms with Gasteiger partial charge in [-0.15, -0.1) is 0 Å². The van der Waals surface area contributed by atoms with E-state index in [2.05, 4.69) is 52.8 Å². The topological polar surface area (TPSA) is 27.7 Å². The van der Waals surface area contributed by atoms with Gasteiger partial charge >= 0.3 is 17.1 Å². The highest BCUT2D eigenvalue weighted by atomic mass is 28.5. The first-order valence-corrected chi connectivity index (χ1v) is 19.6. The Kier molecular flexibility index (Phi) is 13.1. The second kappa shape index (κ2) is 12.8. The molecule has 0 rings (SSSR count). The molecule has 0 aromatic carbocycles. The molecule has 0 bridgehead atoms. The molecule has 0 atom stereocenters. The summed E-state index contributed by atoms with van der Waals surface area (Å²) in [6, 6.07) is 0. The van der Waals surface area contributed by atoms with E-state index in [9.17, 15) is 0 Å². The van der Waals surface area contributed by atoms with E-state index < -0.39 is 25.4 Å². The summed E-state index contributed by atoms with van der Waals surface area (Å²) in [5.74, 6) is 0. The molecule has 0 saturated heterocycles. The van der Waals surface area contributed by atoms with Crippen LogP contribution in [0.4, 0.5) is 0 Å². The van der Waals surface area contributed by atoms with Gasteiger partial charge in [-0.3, -0.25) is 0 Å². The monoisotopic (exact) mass is 406 g/mol. The average molecular weight is 407 g/mol. The van der Waals surface area contributed by atoms with Crippen molar-refractivity contribution in [1.82, 2.24) is 0 Å². The molecule has 3 nitrogen and oxygen atoms in total. The summed E-state index contributed by atoms with van der Waals surface area (Å²) in [5, 5.41) is 0. The molecule has 0 aromatic heterocycles. The Balaban J connectivity index is 3.72. The zero-order valence-electron chi connectivity index (χ0n) is 18.5. The van der Waals surface area contributed by atoms with E-state index in [1.807, 2.05) is 0 Å². The molecule has 0 unspecified atom stereocenters. The summed E-state index contributed by atoms with van der Waals surface area (Å²) in [5.41, 5.74) is 0. The van der Waals surface area contributed by atoms with E-state index in [-0.39, 0.29) is 0 Å². The molecule has 0 amide bonds. The minimum Gasteiger partial charge on any atom is -0.437 e. The van der Waals surface area contributed by atoms with Crippen LogP contribution in [0.2, 0.25) is 45.8 Å². The molecule has 152 valence electrons. The standard InChI is InChI=1S/C19H46O3Si3/c1-9-10-11-12-13-14-15-16-17-18-19-20-24(5,6)22-25(7,8)21-23(2,3)4/h9-19H2,1-8H3. The van der Waals surface area contributed by atoms with Crippen molar-refractivity contribution in [3.05, 3.63) is 0 Å². The average Bonchev–Trinajstić information content (AvgIpc) is 2.40. The van der Waals surface area contributed by atoms with Crippen LogP contribution in [-0.4, -0.2) is 32.0 Å². The fourth-order valence-corrected chi connectivity index (χ4v) is 15.3. The van der Waals surface area contributed by atoms with Crippen molar-refractivity contribution in [2.24, 2.45) is 0 Å². The van der Waals surface area contributed by atoms with Crippen molar-refractivity contribution in [3.8, 4) is 0 Å². The number of rotatable bonds is 16. The van der Waals surface area contributed by atoms with Crippen molar-refractivity contribution in [2.75, 3.05) is 6.61 Å². The summed E-state index contributed by atoms with van der Waals surface area (Å²) >= 11 is 0. The van der Waals surface area contributed by atoms with Crippen LogP contribution in [0.3, 0.4) is 0 Å². The highest BCUT2D eigenvalue weighted by molar-refractivity contribution is 6.85. The zero-order chi connectivity index (χ0) is 19.4. The van der Waals surface area contributed by atoms with Crippen molar-refractivity contribution < 1.29 is 12.7 Å². The van der Waals surface area contributed by atoms with Crippen LogP contribution < -0.4 is 0 Å². The highest BCUT2D eigenvalue weighted by Crippen LogP contribution is 2.21. The van der Waals surface area contributed by atoms with Gasteiger partial charge in [0.25, 0.3) is 0 Å². The first kappa shape index (κ1) is 25.5. The molecule has 0 radical (unpaired) electrons. The van der Waals surface area contributed by atoms with Gasteiger partial charge in [0.2, 0.25) is 0 Å². The fraction of sp³-hybridized carbons (Fsp3) is 1.00. The second-order valence-corrected chi connectivity index (χ2v) is 20.9. The number of hydrogen-bond donors (Lipinski definition) is 0. The van der Waals surface area contributed by atoms with Crippen LogP contribution in [0.5, 0.6) is 0 Å². The summed E-state index contributed by atoms with van der Waals surface area (Å²) in [4.78, 5) is 0. The molecular formula is C19H46O3Si3. The van der Waals surface area contributed by atoms with Gasteiger partial charge in [0.15, 0.2) is 8.32 Å². The maximum Gasteiger partial charge on any atom is 0.322 e. The lowest BCUT2D eigenvalue weighted by Gasteiger charge is -2.36. The van der Waals surface area contributed by atoms with Crippen molar-refractivity contribution in [1.29, 1.82) is 0 Å². The molecular weight excluding hydrogens is 360 g/mol. The smallest absolute Gasteiger partial charge is 0.322 e. The zero-order valence-corrected chi connectivity index (χ0v) is 21.5. The predicted molar refractivity (Wildman–Crippen MR) is 118 cm³/mol. The maximum atomic E-state index is 6.36. The van der Waals surface area contributed by atoms with Crippen molar-refractivity contribution >= 4 is 25.4 Å². The minimum atomic E-state index is -2.08. The van der Waals surface area contributed by atoms with Gasteiger partial charge < -0.3 is 12.7 Å². The van der Waals surface area contributed by atoms with Crippen LogP contribution in [0.25, 0.3) is 0 Å². The third kappa shape index (κ3) is 17.7. The van der Waals surface area contributed by atoms with Crippen LogP contribution >= 0.6 is 0 Å². The molecule has 0 spiro atoms. The molecule has 0 aliphatic rings. The van der Waals surface area contributed by atoms with Gasteiger partial charge in [0.05, 0.1) is 0 Å². The van der Waals surface area contributed by atoms with Crippen LogP contribution in [-0.2, 0) is 12.7 Å². The van der Waals surface area contributed by atoms with E-state index in [1.165, 1.54) is 57.8 Å². The molecule has 25 heavy (non-hydrogen) atoms. The lowest BCUT2D eigenvalue weighted by atomic mass is 10.1. The Morgan fingerprint density at radius 1 is 0.520 bits per heavy atom. The molecule has 0 saturated carbocycles. The molecule has 0 aliphatic heterocycles. The Labute approximate surface area is 161 Å². The molecule has 0 heterocycles. The van der Waals surface area contributed by atoms with Gasteiger partial charge in [-0.2, -0.15) is 0 Å². The van der Waals surface area contributed by atoms with Crippen LogP contribution in [0, 0.1) is 0 Å². The summed E-state index contributed by atoms with van der Waals surface area (Å²) in [7, 11) is -5.71. The van der Waals surface area contributed by atoms with E-state index in [0.29, 0.717) is 0 Å². The van der Waals surface area contributed by atoms with Gasteiger partial charge in [0.1, 0.15) is 0 Å². The summed E-state index contributed by atoms with van der Waals surface area (Å²) < 4.78 is 18.8. The lowest BCUT2D eigenvalue weighted by Crippen LogP contribution is -2.52. The Bertz CT molecular complexity index is 328. The first-order valence-electron chi connectivity index (χ1n) is 10.5. The van der Waals surface area contributed by atoms with Crippen molar-refractivity contribution in [3.63, 3.8) is 0 Å². The molecule has 6 heteroatoms. The lowest BCUT2D eigenvalue weighted by molar-refractivity contribution is 0.224. The SMILES string of the molecule is CCCCCCCCCCCCO[Si](C)(C)O[Si](C)(C)O[Si](C)(C)C. The summed E-state index contributed by atoms with van der Waals surface area (Å²) in [6.45, 7) is 18.4. The van der Waals surface area contributed by atoms with E-state index in [1.54, 1.807) is 0 Å². The number of hydrogen-bond acceptors (Lipinski definition) is 3. The predicted octanol–water partition coefficient (Wildman–Crippen LogP) is 7.20. The maximum absolute atomic E-state index is 6.36. The molecule has 0 aromatic rings. The fourth-order valence-electron chi connectivity index (χ4n) is 3.29. The largest absolute Gasteiger partial charge is 0.437 e. The van der Waals surface area contributed by atoms with Gasteiger partial charge in [0, 0.05) is 6.61 Å². The van der Waals surface area contributed by atoms with E-state index in [0.717, 1.165) is 13.0 Å². The molecule has 0 fully saturated rings. The Morgan fingerprint density at radius 2 is 0.960 bits per heavy atom. The molecule has 0 aliphatic carbocycles. The van der Waals surface area contributed by atoms with Crippen molar-refractivity contribution in [2.45, 2.75) is 117 Å². The highest BCUT2D eigenvalue weighted by Gasteiger charge is 2.39. The third-order valence-corrected chi connectivity index (χ3v) is 13.2. The van der Waals surface area contributed by atoms with E-state index in [4.69, 9.17) is 12.7 Å². The number of unbranched alkanes of at least 4 members (excludes halogenated alkanes) is 9. The Hall–Kier alpha value is 0.531. The second-order valence-electron chi connectivity index (χ2n) is 9.15. The normalized spacial score (nSPS) is 13.4. The first-order chi connectivity index (χ1) is 11.5. The molecule has 0 N–H and O–H groups in total. The van der Waals surface area contributed by atoms with E-state index >= 15 is 0 Å².